The third-order valence-corrected chi connectivity index (χ3v) is 1.05. The third-order valence-electron chi connectivity index (χ3n) is 1.05. The first-order valence-electron chi connectivity index (χ1n) is 2.83. The van der Waals surface area contributed by atoms with Gasteiger partial charge in [0.25, 0.3) is 0 Å². The summed E-state index contributed by atoms with van der Waals surface area (Å²) in [6, 6.07) is 0. The van der Waals surface area contributed by atoms with Gasteiger partial charge >= 0.3 is 6.61 Å². The first-order valence-corrected chi connectivity index (χ1v) is 2.83. The van der Waals surface area contributed by atoms with Crippen LogP contribution in [0.4, 0.5) is 8.78 Å². The summed E-state index contributed by atoms with van der Waals surface area (Å²) in [6.45, 7) is -3.22. The van der Waals surface area contributed by atoms with Crippen LogP contribution in [-0.2, 0) is 4.74 Å². The Kier molecular flexibility index (Phi) is 2.25. The van der Waals surface area contributed by atoms with E-state index in [1.54, 1.807) is 0 Å². The number of halogens is 2. The van der Waals surface area contributed by atoms with E-state index in [1.807, 2.05) is 0 Å². The molecule has 1 radical (unpaired) electrons. The normalized spacial score (nSPS) is 28.7. The molecule has 0 saturated heterocycles. The Morgan fingerprint density at radius 3 is 2.91 bits per heavy atom. The van der Waals surface area contributed by atoms with Gasteiger partial charge in [-0.3, -0.25) is 0 Å². The molecular weight excluding hydrogens is 156 g/mol. The summed E-state index contributed by atoms with van der Waals surface area (Å²) in [4.78, 5) is 0. The molecule has 1 rings (SSSR count). The molecule has 11 heavy (non-hydrogen) atoms. The molecule has 4 nitrogen and oxygen atoms in total. The molecule has 1 heterocycles. The molecule has 0 bridgehead atoms. The van der Waals surface area contributed by atoms with Crippen molar-refractivity contribution in [1.82, 2.24) is 0 Å². The number of ether oxygens (including phenoxy) is 1. The van der Waals surface area contributed by atoms with Gasteiger partial charge in [-0.2, -0.15) is 19.0 Å². The molecule has 1 atom stereocenters. The minimum atomic E-state index is -2.83. The number of rotatable bonds is 3. The summed E-state index contributed by atoms with van der Waals surface area (Å²) < 4.78 is 26.9. The first kappa shape index (κ1) is 8.22. The maximum atomic E-state index is 11.5. The molecule has 61 valence electrons. The molecule has 0 aromatic rings. The zero-order valence-electron chi connectivity index (χ0n) is 5.50. The number of hydrogen-bond acceptors (Lipinski definition) is 4. The number of nitrogens with zero attached hydrogens (tertiary/aromatic N) is 2. The van der Waals surface area contributed by atoms with Crippen LogP contribution in [-0.4, -0.2) is 18.9 Å². The molecule has 0 aromatic carbocycles. The van der Waals surface area contributed by atoms with E-state index in [0.717, 1.165) is 0 Å². The van der Waals surface area contributed by atoms with Crippen molar-refractivity contribution in [2.45, 2.75) is 12.3 Å². The van der Waals surface area contributed by atoms with Crippen LogP contribution in [0, 0.1) is 6.20 Å². The number of nitrogens with two attached hydrogens (primary N) is 1. The molecule has 1 unspecified atom stereocenters. The van der Waals surface area contributed by atoms with Crippen LogP contribution in [0.1, 0.15) is 0 Å². The lowest BCUT2D eigenvalue weighted by Gasteiger charge is -2.15. The maximum Gasteiger partial charge on any atom is 0.345 e. The van der Waals surface area contributed by atoms with Crippen LogP contribution in [0.5, 0.6) is 0 Å². The Labute approximate surface area is 61.7 Å². The molecule has 0 saturated carbocycles. The van der Waals surface area contributed by atoms with Crippen molar-refractivity contribution in [2.24, 2.45) is 16.0 Å². The Morgan fingerprint density at radius 2 is 2.45 bits per heavy atom. The van der Waals surface area contributed by atoms with Gasteiger partial charge in [0.15, 0.2) is 5.66 Å². The van der Waals surface area contributed by atoms with Crippen LogP contribution >= 0.6 is 0 Å². The van der Waals surface area contributed by atoms with Crippen molar-refractivity contribution in [2.75, 3.05) is 6.61 Å². The highest BCUT2D eigenvalue weighted by molar-refractivity contribution is 5.02. The van der Waals surface area contributed by atoms with E-state index in [9.17, 15) is 8.78 Å². The SMILES string of the molecule is NC1(COC(F)F)C=[C]N=N1. The Morgan fingerprint density at radius 1 is 1.73 bits per heavy atom. The van der Waals surface area contributed by atoms with Gasteiger partial charge in [0, 0.05) is 0 Å². The van der Waals surface area contributed by atoms with Gasteiger partial charge in [0.2, 0.25) is 0 Å². The van der Waals surface area contributed by atoms with E-state index in [0.29, 0.717) is 0 Å². The van der Waals surface area contributed by atoms with E-state index in [-0.39, 0.29) is 6.61 Å². The summed E-state index contributed by atoms with van der Waals surface area (Å²) >= 11 is 0. The highest BCUT2D eigenvalue weighted by Gasteiger charge is 2.25. The summed E-state index contributed by atoms with van der Waals surface area (Å²) in [7, 11) is 0. The fourth-order valence-corrected chi connectivity index (χ4v) is 0.558. The first-order chi connectivity index (χ1) is 5.12. The van der Waals surface area contributed by atoms with Gasteiger partial charge in [-0.05, 0) is 6.08 Å². The second-order valence-corrected chi connectivity index (χ2v) is 2.04. The van der Waals surface area contributed by atoms with Crippen LogP contribution in [0.25, 0.3) is 0 Å². The highest BCUT2D eigenvalue weighted by Crippen LogP contribution is 2.13. The second kappa shape index (κ2) is 3.02. The number of azo groups is 1. The summed E-state index contributed by atoms with van der Waals surface area (Å²) in [6.07, 6.45) is 3.59. The average Bonchev–Trinajstić information content (AvgIpc) is 2.33. The largest absolute Gasteiger partial charge is 0.345 e. The molecular formula is C5H6F2N3O. The topological polar surface area (TPSA) is 60.0 Å². The lowest BCUT2D eigenvalue weighted by molar-refractivity contribution is -0.136. The molecule has 0 fully saturated rings. The zero-order chi connectivity index (χ0) is 8.32. The lowest BCUT2D eigenvalue weighted by atomic mass is 10.2. The van der Waals surface area contributed by atoms with E-state index < -0.39 is 12.3 Å². The molecule has 0 aromatic heterocycles. The predicted octanol–water partition coefficient (Wildman–Crippen LogP) is 0.663. The Bertz CT molecular complexity index is 180. The Hall–Kier alpha value is -0.880. The number of alkyl halides is 2. The van der Waals surface area contributed by atoms with Crippen LogP contribution in [0.15, 0.2) is 16.3 Å². The standard InChI is InChI=1S/C5H6F2N3O/c6-4(7)11-3-5(8)1-2-9-10-5/h1,4H,3,8H2. The molecule has 0 amide bonds. The van der Waals surface area contributed by atoms with E-state index in [4.69, 9.17) is 5.73 Å². The fraction of sp³-hybridized carbons (Fsp3) is 0.600. The summed E-state index contributed by atoms with van der Waals surface area (Å²) in [5.41, 5.74) is 4.12. The highest BCUT2D eigenvalue weighted by atomic mass is 19.3. The van der Waals surface area contributed by atoms with Gasteiger partial charge in [-0.25, -0.2) is 0 Å². The van der Waals surface area contributed by atoms with Crippen LogP contribution in [0.3, 0.4) is 0 Å². The molecule has 0 aliphatic carbocycles. The summed E-state index contributed by atoms with van der Waals surface area (Å²) in [5, 5.41) is 6.70. The predicted molar refractivity (Wildman–Crippen MR) is 31.5 cm³/mol. The van der Waals surface area contributed by atoms with Gasteiger partial charge in [0.1, 0.15) is 6.20 Å². The minimum absolute atomic E-state index is 0.388. The smallest absolute Gasteiger partial charge is 0.319 e. The van der Waals surface area contributed by atoms with Crippen LogP contribution < -0.4 is 5.73 Å². The quantitative estimate of drug-likeness (QED) is 0.662. The van der Waals surface area contributed by atoms with Gasteiger partial charge in [-0.1, -0.05) is 0 Å². The average molecular weight is 162 g/mol. The maximum absolute atomic E-state index is 11.5. The minimum Gasteiger partial charge on any atom is -0.319 e. The number of hydrogen-bond donors (Lipinski definition) is 1. The van der Waals surface area contributed by atoms with Gasteiger partial charge in [-0.15, -0.1) is 0 Å². The molecule has 6 heteroatoms. The van der Waals surface area contributed by atoms with Crippen molar-refractivity contribution >= 4 is 0 Å². The van der Waals surface area contributed by atoms with Crippen molar-refractivity contribution < 1.29 is 13.5 Å². The fourth-order valence-electron chi connectivity index (χ4n) is 0.558. The zero-order valence-corrected chi connectivity index (χ0v) is 5.50. The van der Waals surface area contributed by atoms with E-state index >= 15 is 0 Å². The van der Waals surface area contributed by atoms with E-state index in [1.165, 1.54) is 6.08 Å². The lowest BCUT2D eigenvalue weighted by Crippen LogP contribution is -2.39. The van der Waals surface area contributed by atoms with Crippen molar-refractivity contribution in [3.8, 4) is 0 Å². The Balaban J connectivity index is 2.36. The molecule has 1 aliphatic rings. The van der Waals surface area contributed by atoms with E-state index in [2.05, 4.69) is 21.2 Å². The van der Waals surface area contributed by atoms with Crippen molar-refractivity contribution in [3.63, 3.8) is 0 Å². The van der Waals surface area contributed by atoms with Crippen molar-refractivity contribution in [1.29, 1.82) is 0 Å². The third kappa shape index (κ3) is 2.32. The second-order valence-electron chi connectivity index (χ2n) is 2.04. The monoisotopic (exact) mass is 162 g/mol. The van der Waals surface area contributed by atoms with Gasteiger partial charge < -0.3 is 10.5 Å². The van der Waals surface area contributed by atoms with Gasteiger partial charge in [0.05, 0.1) is 6.61 Å². The van der Waals surface area contributed by atoms with Crippen LogP contribution in [0.2, 0.25) is 0 Å². The molecule has 0 spiro atoms. The van der Waals surface area contributed by atoms with Crippen molar-refractivity contribution in [3.05, 3.63) is 12.3 Å². The molecule has 1 aliphatic heterocycles. The molecule has 2 N–H and O–H groups in total. The summed E-state index contributed by atoms with van der Waals surface area (Å²) in [5.74, 6) is 0.